The van der Waals surface area contributed by atoms with Crippen molar-refractivity contribution in [2.45, 2.75) is 52.6 Å². The highest BCUT2D eigenvalue weighted by molar-refractivity contribution is 5.78. The lowest BCUT2D eigenvalue weighted by Crippen LogP contribution is -2.49. The van der Waals surface area contributed by atoms with Gasteiger partial charge in [0.2, 0.25) is 0 Å². The van der Waals surface area contributed by atoms with Gasteiger partial charge in [-0.25, -0.2) is 0 Å². The van der Waals surface area contributed by atoms with E-state index in [1.54, 1.807) is 0 Å². The second kappa shape index (κ2) is 4.67. The van der Waals surface area contributed by atoms with E-state index < -0.39 is 0 Å². The van der Waals surface area contributed by atoms with Crippen LogP contribution in [0.3, 0.4) is 0 Å². The van der Waals surface area contributed by atoms with Crippen LogP contribution in [0.4, 0.5) is 0 Å². The van der Waals surface area contributed by atoms with Crippen LogP contribution in [-0.2, 0) is 0 Å². The lowest BCUT2D eigenvalue weighted by molar-refractivity contribution is 0.189. The Labute approximate surface area is 87.4 Å². The predicted molar refractivity (Wildman–Crippen MR) is 61.3 cm³/mol. The van der Waals surface area contributed by atoms with E-state index in [2.05, 4.69) is 37.6 Å². The molecule has 1 fully saturated rings. The molecule has 2 atom stereocenters. The summed E-state index contributed by atoms with van der Waals surface area (Å²) in [5.74, 6) is 1.45. The van der Waals surface area contributed by atoms with Gasteiger partial charge in [0.05, 0.1) is 0 Å². The SMILES string of the molecule is CC(C)N=C(N)N1CCCC(C)C1C. The maximum absolute atomic E-state index is 5.98. The highest BCUT2D eigenvalue weighted by Gasteiger charge is 2.25. The fourth-order valence-electron chi connectivity index (χ4n) is 2.00. The lowest BCUT2D eigenvalue weighted by atomic mass is 9.92. The molecule has 0 aromatic heterocycles. The summed E-state index contributed by atoms with van der Waals surface area (Å²) in [6.07, 6.45) is 2.55. The van der Waals surface area contributed by atoms with Crippen LogP contribution in [0.2, 0.25) is 0 Å². The summed E-state index contributed by atoms with van der Waals surface area (Å²) in [7, 11) is 0. The van der Waals surface area contributed by atoms with Gasteiger partial charge in [-0.3, -0.25) is 4.99 Å². The Hall–Kier alpha value is -0.730. The number of nitrogens with two attached hydrogens (primary N) is 1. The maximum atomic E-state index is 5.98. The van der Waals surface area contributed by atoms with Gasteiger partial charge in [-0.15, -0.1) is 0 Å². The smallest absolute Gasteiger partial charge is 0.191 e. The Morgan fingerprint density at radius 3 is 2.64 bits per heavy atom. The number of nitrogens with zero attached hydrogens (tertiary/aromatic N) is 2. The third kappa shape index (κ3) is 2.63. The minimum Gasteiger partial charge on any atom is -0.370 e. The zero-order valence-electron chi connectivity index (χ0n) is 9.83. The third-order valence-electron chi connectivity index (χ3n) is 3.06. The number of hydrogen-bond acceptors (Lipinski definition) is 1. The Kier molecular flexibility index (Phi) is 3.78. The van der Waals surface area contributed by atoms with E-state index in [-0.39, 0.29) is 0 Å². The Balaban J connectivity index is 2.66. The highest BCUT2D eigenvalue weighted by Crippen LogP contribution is 2.22. The van der Waals surface area contributed by atoms with Crippen molar-refractivity contribution in [3.05, 3.63) is 0 Å². The molecule has 3 nitrogen and oxygen atoms in total. The number of guanidine groups is 1. The predicted octanol–water partition coefficient (Wildman–Crippen LogP) is 1.83. The Morgan fingerprint density at radius 1 is 1.43 bits per heavy atom. The summed E-state index contributed by atoms with van der Waals surface area (Å²) in [5.41, 5.74) is 5.98. The average molecular weight is 197 g/mol. The topological polar surface area (TPSA) is 41.6 Å². The second-order valence-corrected chi connectivity index (χ2v) is 4.63. The fourth-order valence-corrected chi connectivity index (χ4v) is 2.00. The van der Waals surface area contributed by atoms with Crippen LogP contribution in [0, 0.1) is 5.92 Å². The van der Waals surface area contributed by atoms with E-state index in [0.29, 0.717) is 12.1 Å². The van der Waals surface area contributed by atoms with Gasteiger partial charge in [-0.2, -0.15) is 0 Å². The average Bonchev–Trinajstić information content (AvgIpc) is 2.08. The normalized spacial score (nSPS) is 29.8. The second-order valence-electron chi connectivity index (χ2n) is 4.63. The van der Waals surface area contributed by atoms with E-state index >= 15 is 0 Å². The summed E-state index contributed by atoms with van der Waals surface area (Å²) in [5, 5.41) is 0. The van der Waals surface area contributed by atoms with Crippen molar-refractivity contribution < 1.29 is 0 Å². The van der Waals surface area contributed by atoms with E-state index in [4.69, 9.17) is 5.73 Å². The van der Waals surface area contributed by atoms with Crippen LogP contribution < -0.4 is 5.73 Å². The van der Waals surface area contributed by atoms with Crippen LogP contribution in [-0.4, -0.2) is 29.5 Å². The molecular weight excluding hydrogens is 174 g/mol. The molecule has 0 amide bonds. The molecule has 0 radical (unpaired) electrons. The van der Waals surface area contributed by atoms with Crippen molar-refractivity contribution in [3.8, 4) is 0 Å². The molecule has 1 rings (SSSR count). The summed E-state index contributed by atoms with van der Waals surface area (Å²) in [6.45, 7) is 9.72. The van der Waals surface area contributed by atoms with Gasteiger partial charge < -0.3 is 10.6 Å². The van der Waals surface area contributed by atoms with Gasteiger partial charge in [0, 0.05) is 18.6 Å². The van der Waals surface area contributed by atoms with Gasteiger partial charge in [-0.05, 0) is 39.5 Å². The van der Waals surface area contributed by atoms with Crippen molar-refractivity contribution in [3.63, 3.8) is 0 Å². The molecule has 1 heterocycles. The molecule has 14 heavy (non-hydrogen) atoms. The van der Waals surface area contributed by atoms with E-state index in [1.165, 1.54) is 12.8 Å². The number of rotatable bonds is 1. The molecule has 82 valence electrons. The van der Waals surface area contributed by atoms with E-state index in [9.17, 15) is 0 Å². The Morgan fingerprint density at radius 2 is 2.07 bits per heavy atom. The molecule has 1 aliphatic rings. The largest absolute Gasteiger partial charge is 0.370 e. The first-order chi connectivity index (χ1) is 6.52. The minimum atomic E-state index is 0.291. The molecule has 2 N–H and O–H groups in total. The lowest BCUT2D eigenvalue weighted by Gasteiger charge is -2.38. The first-order valence-electron chi connectivity index (χ1n) is 5.62. The molecule has 0 aliphatic carbocycles. The first-order valence-corrected chi connectivity index (χ1v) is 5.62. The zero-order chi connectivity index (χ0) is 10.7. The van der Waals surface area contributed by atoms with Gasteiger partial charge in [0.15, 0.2) is 5.96 Å². The van der Waals surface area contributed by atoms with Crippen LogP contribution in [0.1, 0.15) is 40.5 Å². The van der Waals surface area contributed by atoms with Crippen molar-refractivity contribution in [1.29, 1.82) is 0 Å². The highest BCUT2D eigenvalue weighted by atomic mass is 15.3. The molecule has 1 saturated heterocycles. The van der Waals surface area contributed by atoms with Gasteiger partial charge in [-0.1, -0.05) is 6.92 Å². The monoisotopic (exact) mass is 197 g/mol. The van der Waals surface area contributed by atoms with Gasteiger partial charge in [0.1, 0.15) is 0 Å². The molecule has 0 aromatic rings. The summed E-state index contributed by atoms with van der Waals surface area (Å²) in [4.78, 5) is 6.65. The van der Waals surface area contributed by atoms with Crippen molar-refractivity contribution >= 4 is 5.96 Å². The van der Waals surface area contributed by atoms with Gasteiger partial charge in [0.25, 0.3) is 0 Å². The molecule has 0 saturated carbocycles. The van der Waals surface area contributed by atoms with Crippen molar-refractivity contribution in [2.75, 3.05) is 6.54 Å². The summed E-state index contributed by atoms with van der Waals surface area (Å²) >= 11 is 0. The summed E-state index contributed by atoms with van der Waals surface area (Å²) in [6, 6.07) is 0.825. The fraction of sp³-hybridized carbons (Fsp3) is 0.909. The molecule has 0 spiro atoms. The van der Waals surface area contributed by atoms with Crippen LogP contribution in [0.25, 0.3) is 0 Å². The van der Waals surface area contributed by atoms with Crippen molar-refractivity contribution in [2.24, 2.45) is 16.6 Å². The molecular formula is C11H23N3. The van der Waals surface area contributed by atoms with Crippen LogP contribution >= 0.6 is 0 Å². The zero-order valence-corrected chi connectivity index (χ0v) is 9.83. The number of aliphatic imine (C=N–C) groups is 1. The molecule has 0 aromatic carbocycles. The molecule has 3 heteroatoms. The third-order valence-corrected chi connectivity index (χ3v) is 3.06. The minimum absolute atomic E-state index is 0.291. The molecule has 0 bridgehead atoms. The van der Waals surface area contributed by atoms with E-state index in [0.717, 1.165) is 18.4 Å². The quantitative estimate of drug-likeness (QED) is 0.514. The summed E-state index contributed by atoms with van der Waals surface area (Å²) < 4.78 is 0. The van der Waals surface area contributed by atoms with Crippen LogP contribution in [0.5, 0.6) is 0 Å². The number of likely N-dealkylation sites (tertiary alicyclic amines) is 1. The van der Waals surface area contributed by atoms with Crippen LogP contribution in [0.15, 0.2) is 4.99 Å². The Bertz CT molecular complexity index is 211. The van der Waals surface area contributed by atoms with Gasteiger partial charge >= 0.3 is 0 Å². The van der Waals surface area contributed by atoms with E-state index in [1.807, 2.05) is 0 Å². The number of hydrogen-bond donors (Lipinski definition) is 1. The number of piperidine rings is 1. The molecule has 1 aliphatic heterocycles. The maximum Gasteiger partial charge on any atom is 0.191 e. The first kappa shape index (κ1) is 11.3. The standard InChI is InChI=1S/C11H23N3/c1-8(2)13-11(12)14-7-5-6-9(3)10(14)4/h8-10H,5-7H2,1-4H3,(H2,12,13). The van der Waals surface area contributed by atoms with Crippen molar-refractivity contribution in [1.82, 2.24) is 4.90 Å². The molecule has 2 unspecified atom stereocenters.